The van der Waals surface area contributed by atoms with Gasteiger partial charge in [-0.3, -0.25) is 0 Å². The van der Waals surface area contributed by atoms with Crippen LogP contribution in [0, 0.1) is 0 Å². The molecule has 0 saturated heterocycles. The Labute approximate surface area is 340 Å². The molecule has 0 atom stereocenters. The number of pyridine rings is 2. The van der Waals surface area contributed by atoms with E-state index >= 15 is 0 Å². The highest BCUT2D eigenvalue weighted by atomic mass is 32.1. The van der Waals surface area contributed by atoms with Gasteiger partial charge in [-0.2, -0.15) is 0 Å². The Bertz CT molecular complexity index is 2880. The van der Waals surface area contributed by atoms with E-state index in [9.17, 15) is 0 Å². The van der Waals surface area contributed by atoms with E-state index in [0.29, 0.717) is 0 Å². The Morgan fingerprint density at radius 1 is 0.379 bits per heavy atom. The molecule has 0 spiro atoms. The van der Waals surface area contributed by atoms with Crippen molar-refractivity contribution in [3.05, 3.63) is 170 Å². The molecular weight excluding hydrogens is 757 g/mol. The van der Waals surface area contributed by atoms with Gasteiger partial charge < -0.3 is 19.3 Å². The minimum absolute atomic E-state index is 0.731. The molecule has 0 fully saturated rings. The smallest absolute Gasteiger partial charge is 0.170 e. The van der Waals surface area contributed by atoms with Gasteiger partial charge in [-0.1, -0.05) is 48.5 Å². The Morgan fingerprint density at radius 2 is 0.741 bits per heavy atom. The zero-order valence-corrected chi connectivity index (χ0v) is 32.1. The normalized spacial score (nSPS) is 12.7. The molecule has 6 aromatic carbocycles. The van der Waals surface area contributed by atoms with Crippen molar-refractivity contribution >= 4 is 77.5 Å². The molecule has 274 valence electrons. The second-order valence-electron chi connectivity index (χ2n) is 14.0. The van der Waals surface area contributed by atoms with Crippen LogP contribution in [0.2, 0.25) is 0 Å². The summed E-state index contributed by atoms with van der Waals surface area (Å²) in [6.07, 6.45) is 3.59. The summed E-state index contributed by atoms with van der Waals surface area (Å²) in [5, 5.41) is 1.77. The van der Waals surface area contributed by atoms with Crippen LogP contribution in [0.15, 0.2) is 170 Å². The van der Waals surface area contributed by atoms with Gasteiger partial charge in [0.15, 0.2) is 34.3 Å². The number of rotatable bonds is 5. The van der Waals surface area contributed by atoms with Gasteiger partial charge in [0, 0.05) is 34.9 Å². The average Bonchev–Trinajstić information content (AvgIpc) is 3.92. The van der Waals surface area contributed by atoms with Crippen molar-refractivity contribution in [1.82, 2.24) is 19.9 Å². The van der Waals surface area contributed by atoms with E-state index in [1.807, 2.05) is 84.9 Å². The van der Waals surface area contributed by atoms with Crippen LogP contribution in [0.1, 0.15) is 0 Å². The molecule has 10 aromatic rings. The zero-order valence-electron chi connectivity index (χ0n) is 30.5. The van der Waals surface area contributed by atoms with Crippen molar-refractivity contribution in [2.45, 2.75) is 0 Å². The van der Waals surface area contributed by atoms with Crippen molar-refractivity contribution in [2.24, 2.45) is 0 Å². The van der Waals surface area contributed by atoms with Crippen molar-refractivity contribution in [3.63, 3.8) is 0 Å². The molecule has 12 rings (SSSR count). The number of hydrogen-bond acceptors (Lipinski definition) is 10. The summed E-state index contributed by atoms with van der Waals surface area (Å²) < 4.78 is 14.9. The Balaban J connectivity index is 1.13. The molecule has 0 unspecified atom stereocenters. The molecule has 2 aliphatic rings. The highest BCUT2D eigenvalue weighted by Crippen LogP contribution is 2.54. The van der Waals surface area contributed by atoms with Crippen LogP contribution in [0.4, 0.5) is 34.1 Å². The van der Waals surface area contributed by atoms with Crippen LogP contribution in [0.3, 0.4) is 0 Å². The van der Waals surface area contributed by atoms with Crippen LogP contribution in [0.25, 0.3) is 53.0 Å². The molecule has 10 heteroatoms. The lowest BCUT2D eigenvalue weighted by Gasteiger charge is -2.34. The number of ether oxygens (including phenoxy) is 2. The van der Waals surface area contributed by atoms with Gasteiger partial charge in [0.2, 0.25) is 0 Å². The summed E-state index contributed by atoms with van der Waals surface area (Å²) in [5.74, 6) is 3.15. The van der Waals surface area contributed by atoms with Gasteiger partial charge in [0.05, 0.1) is 32.1 Å². The van der Waals surface area contributed by atoms with E-state index in [2.05, 4.69) is 92.6 Å². The molecule has 0 N–H and O–H groups in total. The SMILES string of the molecule is c1ccc2c(c1)Oc1ccccc1N2c1cc(-c2cc(-c3nc4ncccc4s3)cc(N3c4ccccc4Oc4ccccc43)c2)cc(-c2nc3ncccc3s2)c1. The first-order valence-electron chi connectivity index (χ1n) is 18.8. The summed E-state index contributed by atoms with van der Waals surface area (Å²) in [7, 11) is 0. The van der Waals surface area contributed by atoms with Gasteiger partial charge in [-0.05, 0) is 120 Å². The molecule has 0 radical (unpaired) electrons. The van der Waals surface area contributed by atoms with E-state index < -0.39 is 0 Å². The van der Waals surface area contributed by atoms with Crippen LogP contribution in [-0.4, -0.2) is 19.9 Å². The highest BCUT2D eigenvalue weighted by Gasteiger charge is 2.29. The summed E-state index contributed by atoms with van der Waals surface area (Å²) in [6.45, 7) is 0. The van der Waals surface area contributed by atoms with Crippen LogP contribution in [0.5, 0.6) is 23.0 Å². The van der Waals surface area contributed by atoms with Crippen molar-refractivity contribution in [2.75, 3.05) is 9.80 Å². The molecule has 0 amide bonds. The monoisotopic (exact) mass is 784 g/mol. The third kappa shape index (κ3) is 5.42. The van der Waals surface area contributed by atoms with Gasteiger partial charge in [-0.15, -0.1) is 22.7 Å². The standard InChI is InChI=1S/C48H28N6O2S2/c1-5-15-39-35(11-1)53(36-12-2-6-16-40(36)55-39)33-25-29(23-31(27-33)47-51-45-43(57-47)19-9-21-49-45)30-24-32(48-52-46-44(58-48)20-10-22-50-46)28-34(26-30)54-37-13-3-7-17-41(37)56-42-18-8-4-14-38(42)54/h1-28H. The summed E-state index contributed by atoms with van der Waals surface area (Å²) >= 11 is 3.28. The van der Waals surface area contributed by atoms with E-state index in [4.69, 9.17) is 19.4 Å². The maximum atomic E-state index is 6.44. The largest absolute Gasteiger partial charge is 0.453 e. The predicted octanol–water partition coefficient (Wildman–Crippen LogP) is 13.8. The lowest BCUT2D eigenvalue weighted by atomic mass is 9.97. The quantitative estimate of drug-likeness (QED) is 0.171. The number of thiazole rings is 2. The summed E-state index contributed by atoms with van der Waals surface area (Å²) in [5.41, 5.74) is 11.2. The third-order valence-corrected chi connectivity index (χ3v) is 12.5. The predicted molar refractivity (Wildman–Crippen MR) is 234 cm³/mol. The number of para-hydroxylation sites is 8. The Morgan fingerprint density at radius 3 is 1.12 bits per heavy atom. The van der Waals surface area contributed by atoms with E-state index in [-0.39, 0.29) is 0 Å². The maximum Gasteiger partial charge on any atom is 0.170 e. The van der Waals surface area contributed by atoms with E-state index in [0.717, 1.165) is 110 Å². The summed E-state index contributed by atoms with van der Waals surface area (Å²) in [4.78, 5) is 23.8. The molecular formula is C48H28N6O2S2. The first-order chi connectivity index (χ1) is 28.7. The molecule has 4 aromatic heterocycles. The van der Waals surface area contributed by atoms with Crippen molar-refractivity contribution in [1.29, 1.82) is 0 Å². The molecule has 0 saturated carbocycles. The zero-order chi connectivity index (χ0) is 38.2. The molecule has 0 aliphatic carbocycles. The first kappa shape index (κ1) is 32.8. The molecule has 6 heterocycles. The Hall–Kier alpha value is -7.40. The van der Waals surface area contributed by atoms with Crippen LogP contribution in [-0.2, 0) is 0 Å². The second-order valence-corrected chi connectivity index (χ2v) is 16.0. The van der Waals surface area contributed by atoms with Gasteiger partial charge in [0.25, 0.3) is 0 Å². The van der Waals surface area contributed by atoms with Gasteiger partial charge in [0.1, 0.15) is 10.0 Å². The number of nitrogens with zero attached hydrogens (tertiary/aromatic N) is 6. The maximum absolute atomic E-state index is 6.44. The lowest BCUT2D eigenvalue weighted by Crippen LogP contribution is -2.16. The third-order valence-electron chi connectivity index (χ3n) is 10.4. The fraction of sp³-hybridized carbons (Fsp3) is 0. The fourth-order valence-corrected chi connectivity index (χ4v) is 9.64. The molecule has 8 nitrogen and oxygen atoms in total. The fourth-order valence-electron chi connectivity index (χ4n) is 7.81. The van der Waals surface area contributed by atoms with Crippen LogP contribution >= 0.6 is 22.7 Å². The number of aromatic nitrogens is 4. The topological polar surface area (TPSA) is 76.5 Å². The number of benzene rings is 6. The van der Waals surface area contributed by atoms with Gasteiger partial charge in [-0.25, -0.2) is 19.9 Å². The minimum atomic E-state index is 0.731. The van der Waals surface area contributed by atoms with Crippen LogP contribution < -0.4 is 19.3 Å². The number of hydrogen-bond donors (Lipinski definition) is 0. The van der Waals surface area contributed by atoms with Crippen molar-refractivity contribution < 1.29 is 9.47 Å². The Kier molecular flexibility index (Phi) is 7.40. The average molecular weight is 785 g/mol. The van der Waals surface area contributed by atoms with Crippen molar-refractivity contribution in [3.8, 4) is 55.3 Å². The highest BCUT2D eigenvalue weighted by molar-refractivity contribution is 7.22. The minimum Gasteiger partial charge on any atom is -0.453 e. The molecule has 0 bridgehead atoms. The first-order valence-corrected chi connectivity index (χ1v) is 20.4. The van der Waals surface area contributed by atoms with E-state index in [1.165, 1.54) is 0 Å². The van der Waals surface area contributed by atoms with Gasteiger partial charge >= 0.3 is 0 Å². The number of fused-ring (bicyclic) bond motifs is 6. The second kappa shape index (κ2) is 13.1. The lowest BCUT2D eigenvalue weighted by molar-refractivity contribution is 0.476. The van der Waals surface area contributed by atoms with E-state index in [1.54, 1.807) is 35.1 Å². The molecule has 58 heavy (non-hydrogen) atoms. The molecule has 2 aliphatic heterocycles. The summed E-state index contributed by atoms with van der Waals surface area (Å²) in [6, 6.07) is 54.2. The number of anilines is 6.